The minimum absolute atomic E-state index is 0.0473. The zero-order valence-corrected chi connectivity index (χ0v) is 16.8. The lowest BCUT2D eigenvalue weighted by Crippen LogP contribution is -2.16. The Morgan fingerprint density at radius 2 is 1.93 bits per heavy atom. The van der Waals surface area contributed by atoms with E-state index in [4.69, 9.17) is 4.74 Å². The number of pyridine rings is 1. The Morgan fingerprint density at radius 1 is 1.14 bits per heavy atom. The highest BCUT2D eigenvalue weighted by molar-refractivity contribution is 6.05. The van der Waals surface area contributed by atoms with E-state index in [-0.39, 0.29) is 17.7 Å². The van der Waals surface area contributed by atoms with Crippen molar-refractivity contribution >= 4 is 23.2 Å². The van der Waals surface area contributed by atoms with E-state index in [0.29, 0.717) is 28.5 Å². The van der Waals surface area contributed by atoms with Crippen LogP contribution in [0.1, 0.15) is 42.7 Å². The maximum absolute atomic E-state index is 13.0. The van der Waals surface area contributed by atoms with Crippen molar-refractivity contribution in [2.75, 3.05) is 17.7 Å². The number of benzene rings is 1. The van der Waals surface area contributed by atoms with Crippen molar-refractivity contribution in [3.8, 4) is 11.6 Å². The molecule has 1 aromatic carbocycles. The summed E-state index contributed by atoms with van der Waals surface area (Å²) in [5.41, 5.74) is 2.23. The molecule has 0 aliphatic heterocycles. The average Bonchev–Trinajstić information content (AvgIpc) is 3.14. The second-order valence-corrected chi connectivity index (χ2v) is 6.75. The number of aromatic nitrogens is 3. The van der Waals surface area contributed by atoms with Gasteiger partial charge in [0, 0.05) is 18.8 Å². The van der Waals surface area contributed by atoms with Crippen LogP contribution in [0.3, 0.4) is 0 Å². The topological polar surface area (TPSA) is 98.1 Å². The van der Waals surface area contributed by atoms with Crippen molar-refractivity contribution in [1.82, 2.24) is 14.8 Å². The van der Waals surface area contributed by atoms with Crippen molar-refractivity contribution in [2.24, 2.45) is 0 Å². The predicted octanol–water partition coefficient (Wildman–Crippen LogP) is 3.61. The van der Waals surface area contributed by atoms with Crippen LogP contribution in [-0.2, 0) is 4.79 Å². The average molecular weight is 393 g/mol. The van der Waals surface area contributed by atoms with Gasteiger partial charge in [-0.15, -0.1) is 0 Å². The number of nitrogens with zero attached hydrogens (tertiary/aromatic N) is 3. The minimum atomic E-state index is -0.296. The second-order valence-electron chi connectivity index (χ2n) is 6.75. The molecule has 29 heavy (non-hydrogen) atoms. The van der Waals surface area contributed by atoms with Gasteiger partial charge in [-0.2, -0.15) is 5.10 Å². The number of rotatable bonds is 6. The molecule has 3 aromatic rings. The van der Waals surface area contributed by atoms with Gasteiger partial charge >= 0.3 is 0 Å². The summed E-state index contributed by atoms with van der Waals surface area (Å²) in [5, 5.41) is 9.93. The standard InChI is InChI=1S/C21H23N5O3/c1-13(2)20-16(12-23-26(20)19-7-5-6-10-22-19)21(28)25-15-8-9-18(29-4)17(11-15)24-14(3)27/h5-13H,1-4H3,(H,24,27)(H,25,28). The summed E-state index contributed by atoms with van der Waals surface area (Å²) in [5.74, 6) is 0.670. The van der Waals surface area contributed by atoms with E-state index in [0.717, 1.165) is 5.69 Å². The van der Waals surface area contributed by atoms with Gasteiger partial charge in [0.25, 0.3) is 5.91 Å². The van der Waals surface area contributed by atoms with Gasteiger partial charge in [0.15, 0.2) is 5.82 Å². The van der Waals surface area contributed by atoms with Crippen molar-refractivity contribution < 1.29 is 14.3 Å². The van der Waals surface area contributed by atoms with Crippen LogP contribution < -0.4 is 15.4 Å². The molecule has 0 fully saturated rings. The Bertz CT molecular complexity index is 1030. The molecule has 2 heterocycles. The van der Waals surface area contributed by atoms with Crippen molar-refractivity contribution in [1.29, 1.82) is 0 Å². The fraction of sp³-hybridized carbons (Fsp3) is 0.238. The first-order valence-electron chi connectivity index (χ1n) is 9.17. The summed E-state index contributed by atoms with van der Waals surface area (Å²) in [7, 11) is 1.51. The third kappa shape index (κ3) is 4.43. The molecule has 8 nitrogen and oxygen atoms in total. The number of hydrogen-bond acceptors (Lipinski definition) is 5. The van der Waals surface area contributed by atoms with Gasteiger partial charge in [0.1, 0.15) is 5.75 Å². The van der Waals surface area contributed by atoms with E-state index in [1.54, 1.807) is 29.1 Å². The summed E-state index contributed by atoms with van der Waals surface area (Å²) in [6.07, 6.45) is 3.22. The molecule has 0 aliphatic carbocycles. The molecule has 0 saturated heterocycles. The van der Waals surface area contributed by atoms with E-state index in [9.17, 15) is 9.59 Å². The van der Waals surface area contributed by atoms with Crippen molar-refractivity contribution in [3.05, 3.63) is 60.0 Å². The number of ether oxygens (including phenoxy) is 1. The molecule has 2 amide bonds. The molecule has 2 aromatic heterocycles. The number of amides is 2. The van der Waals surface area contributed by atoms with Crippen LogP contribution in [0.4, 0.5) is 11.4 Å². The van der Waals surface area contributed by atoms with E-state index in [1.165, 1.54) is 20.2 Å². The normalized spacial score (nSPS) is 10.7. The molecule has 0 aliphatic rings. The van der Waals surface area contributed by atoms with Gasteiger partial charge in [0.05, 0.1) is 30.3 Å². The largest absolute Gasteiger partial charge is 0.495 e. The van der Waals surface area contributed by atoms with Gasteiger partial charge in [0.2, 0.25) is 5.91 Å². The summed E-state index contributed by atoms with van der Waals surface area (Å²) in [6, 6.07) is 10.6. The summed E-state index contributed by atoms with van der Waals surface area (Å²) < 4.78 is 6.92. The summed E-state index contributed by atoms with van der Waals surface area (Å²) >= 11 is 0. The molecule has 0 atom stereocenters. The molecule has 3 rings (SSSR count). The highest BCUT2D eigenvalue weighted by Gasteiger charge is 2.21. The van der Waals surface area contributed by atoms with Crippen molar-refractivity contribution in [2.45, 2.75) is 26.7 Å². The predicted molar refractivity (Wildman–Crippen MR) is 111 cm³/mol. The van der Waals surface area contributed by atoms with Crippen LogP contribution in [0, 0.1) is 0 Å². The first-order chi connectivity index (χ1) is 13.9. The molecule has 2 N–H and O–H groups in total. The van der Waals surface area contributed by atoms with E-state index in [2.05, 4.69) is 20.7 Å². The van der Waals surface area contributed by atoms with Crippen LogP contribution >= 0.6 is 0 Å². The number of methoxy groups -OCH3 is 1. The molecular formula is C21H23N5O3. The van der Waals surface area contributed by atoms with Gasteiger partial charge in [-0.1, -0.05) is 19.9 Å². The Labute approximate surface area is 168 Å². The Kier molecular flexibility index (Phi) is 5.92. The minimum Gasteiger partial charge on any atom is -0.495 e. The first-order valence-corrected chi connectivity index (χ1v) is 9.17. The molecule has 0 radical (unpaired) electrons. The van der Waals surface area contributed by atoms with Gasteiger partial charge in [-0.25, -0.2) is 9.67 Å². The summed E-state index contributed by atoms with van der Waals surface area (Å²) in [4.78, 5) is 28.7. The lowest BCUT2D eigenvalue weighted by molar-refractivity contribution is -0.114. The van der Waals surface area contributed by atoms with E-state index in [1.807, 2.05) is 32.0 Å². The quantitative estimate of drug-likeness (QED) is 0.667. The van der Waals surface area contributed by atoms with Crippen LogP contribution in [0.5, 0.6) is 5.75 Å². The van der Waals surface area contributed by atoms with Crippen LogP contribution in [-0.4, -0.2) is 33.7 Å². The van der Waals surface area contributed by atoms with E-state index < -0.39 is 0 Å². The Hall–Kier alpha value is -3.68. The molecule has 8 heteroatoms. The zero-order chi connectivity index (χ0) is 21.0. The number of anilines is 2. The number of nitrogens with one attached hydrogen (secondary N) is 2. The van der Waals surface area contributed by atoms with Gasteiger partial charge in [-0.05, 0) is 36.2 Å². The highest BCUT2D eigenvalue weighted by atomic mass is 16.5. The smallest absolute Gasteiger partial charge is 0.259 e. The molecule has 0 unspecified atom stereocenters. The molecular weight excluding hydrogens is 370 g/mol. The maximum atomic E-state index is 13.0. The molecule has 150 valence electrons. The number of carbonyl (C=O) groups excluding carboxylic acids is 2. The lowest BCUT2D eigenvalue weighted by atomic mass is 10.1. The van der Waals surface area contributed by atoms with Crippen LogP contribution in [0.15, 0.2) is 48.8 Å². The van der Waals surface area contributed by atoms with Crippen molar-refractivity contribution in [3.63, 3.8) is 0 Å². The highest BCUT2D eigenvalue weighted by Crippen LogP contribution is 2.29. The Morgan fingerprint density at radius 3 is 2.55 bits per heavy atom. The second kappa shape index (κ2) is 8.55. The van der Waals surface area contributed by atoms with Crippen LogP contribution in [0.2, 0.25) is 0 Å². The fourth-order valence-electron chi connectivity index (χ4n) is 3.02. The zero-order valence-electron chi connectivity index (χ0n) is 16.8. The Balaban J connectivity index is 1.92. The van der Waals surface area contributed by atoms with Gasteiger partial charge < -0.3 is 15.4 Å². The third-order valence-corrected chi connectivity index (χ3v) is 4.23. The van der Waals surface area contributed by atoms with E-state index >= 15 is 0 Å². The molecule has 0 saturated carbocycles. The monoisotopic (exact) mass is 393 g/mol. The fourth-order valence-corrected chi connectivity index (χ4v) is 3.02. The maximum Gasteiger partial charge on any atom is 0.259 e. The lowest BCUT2D eigenvalue weighted by Gasteiger charge is -2.14. The number of carbonyl (C=O) groups is 2. The number of hydrogen-bond donors (Lipinski definition) is 2. The van der Waals surface area contributed by atoms with Gasteiger partial charge in [-0.3, -0.25) is 9.59 Å². The third-order valence-electron chi connectivity index (χ3n) is 4.23. The molecule has 0 spiro atoms. The summed E-state index contributed by atoms with van der Waals surface area (Å²) in [6.45, 7) is 5.40. The molecule has 0 bridgehead atoms. The SMILES string of the molecule is COc1ccc(NC(=O)c2cnn(-c3ccccn3)c2C(C)C)cc1NC(C)=O. The van der Waals surface area contributed by atoms with Crippen LogP contribution in [0.25, 0.3) is 5.82 Å². The first kappa shape index (κ1) is 20.1.